The van der Waals surface area contributed by atoms with Gasteiger partial charge in [0.2, 0.25) is 0 Å². The molecule has 2 nitrogen and oxygen atoms in total. The summed E-state index contributed by atoms with van der Waals surface area (Å²) in [7, 11) is 0.421. The number of aromatic nitrogens is 1. The minimum atomic E-state index is -1.29. The molecule has 1 heterocycles. The van der Waals surface area contributed by atoms with Crippen molar-refractivity contribution in [1.29, 1.82) is 0 Å². The molecule has 3 heteroatoms. The summed E-state index contributed by atoms with van der Waals surface area (Å²) in [5.41, 5.74) is 0. The van der Waals surface area contributed by atoms with Crippen LogP contribution in [0.3, 0.4) is 0 Å². The largest absolute Gasteiger partial charge is 0.497 e. The lowest BCUT2D eigenvalue weighted by Crippen LogP contribution is -2.38. The number of rotatable bonds is 2. The average Bonchev–Trinajstić information content (AvgIpc) is 2.03. The van der Waals surface area contributed by atoms with Crippen LogP contribution in [-0.2, 0) is 0 Å². The molecule has 0 aromatic carbocycles. The molecule has 0 aliphatic heterocycles. The van der Waals surface area contributed by atoms with Crippen molar-refractivity contribution in [3.63, 3.8) is 0 Å². The van der Waals surface area contributed by atoms with Gasteiger partial charge in [-0.05, 0) is 11.3 Å². The van der Waals surface area contributed by atoms with E-state index in [2.05, 4.69) is 24.6 Å². The van der Waals surface area contributed by atoms with Crippen LogP contribution in [0.4, 0.5) is 0 Å². The minimum absolute atomic E-state index is 0.976. The average molecular weight is 181 g/mol. The monoisotopic (exact) mass is 181 g/mol. The van der Waals surface area contributed by atoms with E-state index in [1.807, 2.05) is 12.3 Å². The van der Waals surface area contributed by atoms with Gasteiger partial charge >= 0.3 is 0 Å². The zero-order valence-corrected chi connectivity index (χ0v) is 9.09. The fourth-order valence-corrected chi connectivity index (χ4v) is 2.51. The van der Waals surface area contributed by atoms with Crippen LogP contribution in [0.5, 0.6) is 5.75 Å². The van der Waals surface area contributed by atoms with Crippen LogP contribution >= 0.6 is 0 Å². The van der Waals surface area contributed by atoms with Crippen LogP contribution in [0, 0.1) is 0 Å². The molecule has 0 aliphatic rings. The maximum Gasteiger partial charge on any atom is 0.121 e. The van der Waals surface area contributed by atoms with Crippen LogP contribution in [0.1, 0.15) is 0 Å². The van der Waals surface area contributed by atoms with E-state index in [4.69, 9.17) is 4.74 Å². The molecule has 0 atom stereocenters. The maximum absolute atomic E-state index is 5.27. The van der Waals surface area contributed by atoms with Gasteiger partial charge in [0.25, 0.3) is 0 Å². The van der Waals surface area contributed by atoms with E-state index >= 15 is 0 Å². The molecule has 0 bridgehead atoms. The Morgan fingerprint density at radius 3 is 2.42 bits per heavy atom. The molecule has 0 unspecified atom stereocenters. The van der Waals surface area contributed by atoms with Crippen molar-refractivity contribution in [2.75, 3.05) is 7.11 Å². The quantitative estimate of drug-likeness (QED) is 0.647. The molecule has 0 N–H and O–H groups in total. The number of ether oxygens (including phenoxy) is 1. The lowest BCUT2D eigenvalue weighted by atomic mass is 10.4. The Bertz CT molecular complexity index is 267. The fourth-order valence-electron chi connectivity index (χ4n) is 1.12. The van der Waals surface area contributed by atoms with E-state index in [9.17, 15) is 0 Å². The van der Waals surface area contributed by atoms with Crippen LogP contribution < -0.4 is 9.92 Å². The molecule has 0 spiro atoms. The molecule has 0 fully saturated rings. The Kier molecular flexibility index (Phi) is 2.52. The first kappa shape index (κ1) is 9.26. The molecule has 1 aromatic rings. The first-order valence-corrected chi connectivity index (χ1v) is 7.54. The molecule has 0 radical (unpaired) electrons. The van der Waals surface area contributed by atoms with Gasteiger partial charge in [-0.2, -0.15) is 0 Å². The van der Waals surface area contributed by atoms with Crippen molar-refractivity contribution in [2.24, 2.45) is 0 Å². The van der Waals surface area contributed by atoms with Crippen LogP contribution in [0.25, 0.3) is 0 Å². The third-order valence-electron chi connectivity index (χ3n) is 1.81. The van der Waals surface area contributed by atoms with Crippen molar-refractivity contribution >= 4 is 13.3 Å². The van der Waals surface area contributed by atoms with E-state index in [1.165, 1.54) is 5.19 Å². The second-order valence-corrected chi connectivity index (χ2v) is 8.86. The second-order valence-electron chi connectivity index (χ2n) is 3.83. The van der Waals surface area contributed by atoms with Gasteiger partial charge in [0.1, 0.15) is 5.75 Å². The zero-order valence-electron chi connectivity index (χ0n) is 8.09. The highest BCUT2D eigenvalue weighted by molar-refractivity contribution is 6.89. The summed E-state index contributed by atoms with van der Waals surface area (Å²) in [6.45, 7) is 6.85. The Morgan fingerprint density at radius 2 is 2.00 bits per heavy atom. The SMILES string of the molecule is COc1ccncc1[Si](C)(C)C. The number of hydrogen-bond acceptors (Lipinski definition) is 2. The van der Waals surface area contributed by atoms with Crippen molar-refractivity contribution in [3.05, 3.63) is 18.5 Å². The number of methoxy groups -OCH3 is 1. The van der Waals surface area contributed by atoms with E-state index in [0.717, 1.165) is 5.75 Å². The summed E-state index contributed by atoms with van der Waals surface area (Å²) >= 11 is 0. The Morgan fingerprint density at radius 1 is 1.33 bits per heavy atom. The smallest absolute Gasteiger partial charge is 0.121 e. The lowest BCUT2D eigenvalue weighted by molar-refractivity contribution is 0.417. The summed E-state index contributed by atoms with van der Waals surface area (Å²) in [5.74, 6) is 0.976. The Hall–Kier alpha value is -0.833. The molecular weight excluding hydrogens is 166 g/mol. The van der Waals surface area contributed by atoms with E-state index in [0.29, 0.717) is 0 Å². The van der Waals surface area contributed by atoms with Crippen molar-refractivity contribution < 1.29 is 4.74 Å². The molecule has 0 saturated carbocycles. The molecule has 66 valence electrons. The predicted molar refractivity (Wildman–Crippen MR) is 53.8 cm³/mol. The molecule has 1 rings (SSSR count). The van der Waals surface area contributed by atoms with Crippen LogP contribution in [0.15, 0.2) is 18.5 Å². The molecule has 12 heavy (non-hydrogen) atoms. The maximum atomic E-state index is 5.27. The lowest BCUT2D eigenvalue weighted by Gasteiger charge is -2.18. The summed E-state index contributed by atoms with van der Waals surface area (Å²) in [6.07, 6.45) is 3.69. The Labute approximate surface area is 74.6 Å². The summed E-state index contributed by atoms with van der Waals surface area (Å²) in [4.78, 5) is 4.11. The normalized spacial score (nSPS) is 11.3. The molecule has 0 saturated heterocycles. The van der Waals surface area contributed by atoms with Crippen LogP contribution in [0.2, 0.25) is 19.6 Å². The standard InChI is InChI=1S/C9H15NOSi/c1-11-8-5-6-10-7-9(8)12(2,3)4/h5-7H,1-4H3. The van der Waals surface area contributed by atoms with Crippen molar-refractivity contribution in [2.45, 2.75) is 19.6 Å². The van der Waals surface area contributed by atoms with Crippen molar-refractivity contribution in [3.8, 4) is 5.75 Å². The highest BCUT2D eigenvalue weighted by Crippen LogP contribution is 2.11. The van der Waals surface area contributed by atoms with Gasteiger partial charge in [0.05, 0.1) is 15.2 Å². The third kappa shape index (κ3) is 1.85. The van der Waals surface area contributed by atoms with Crippen molar-refractivity contribution in [1.82, 2.24) is 4.98 Å². The molecule has 0 aliphatic carbocycles. The highest BCUT2D eigenvalue weighted by Gasteiger charge is 2.20. The van der Waals surface area contributed by atoms with E-state index in [-0.39, 0.29) is 0 Å². The topological polar surface area (TPSA) is 22.1 Å². The molecule has 0 amide bonds. The number of nitrogens with zero attached hydrogens (tertiary/aromatic N) is 1. The zero-order chi connectivity index (χ0) is 9.19. The number of hydrogen-bond donors (Lipinski definition) is 0. The van der Waals surface area contributed by atoms with Gasteiger partial charge in [-0.15, -0.1) is 0 Å². The van der Waals surface area contributed by atoms with E-state index < -0.39 is 8.07 Å². The van der Waals surface area contributed by atoms with Gasteiger partial charge in [-0.25, -0.2) is 0 Å². The Balaban J connectivity index is 3.14. The summed E-state index contributed by atoms with van der Waals surface area (Å²) in [6, 6.07) is 1.92. The van der Waals surface area contributed by atoms with Gasteiger partial charge in [0.15, 0.2) is 0 Å². The van der Waals surface area contributed by atoms with Crippen LogP contribution in [-0.4, -0.2) is 20.2 Å². The molecular formula is C9H15NOSi. The molecule has 1 aromatic heterocycles. The first-order valence-electron chi connectivity index (χ1n) is 4.04. The summed E-state index contributed by atoms with van der Waals surface area (Å²) in [5, 5.41) is 1.28. The summed E-state index contributed by atoms with van der Waals surface area (Å²) < 4.78 is 5.27. The first-order chi connectivity index (χ1) is 5.55. The predicted octanol–water partition coefficient (Wildman–Crippen LogP) is 1.64. The van der Waals surface area contributed by atoms with E-state index in [1.54, 1.807) is 13.3 Å². The number of pyridine rings is 1. The fraction of sp³-hybridized carbons (Fsp3) is 0.444. The second kappa shape index (κ2) is 3.27. The van der Waals surface area contributed by atoms with Gasteiger partial charge in [-0.3, -0.25) is 4.98 Å². The third-order valence-corrected chi connectivity index (χ3v) is 3.80. The van der Waals surface area contributed by atoms with Gasteiger partial charge in [0, 0.05) is 12.4 Å². The highest BCUT2D eigenvalue weighted by atomic mass is 28.3. The van der Waals surface area contributed by atoms with Gasteiger partial charge < -0.3 is 4.74 Å². The van der Waals surface area contributed by atoms with Gasteiger partial charge in [-0.1, -0.05) is 19.6 Å². The minimum Gasteiger partial charge on any atom is -0.497 e.